The van der Waals surface area contributed by atoms with Crippen LogP contribution in [0.3, 0.4) is 0 Å². The lowest BCUT2D eigenvalue weighted by Gasteiger charge is -2.00. The van der Waals surface area contributed by atoms with E-state index in [0.29, 0.717) is 5.70 Å². The summed E-state index contributed by atoms with van der Waals surface area (Å²) < 4.78 is 0. The first-order chi connectivity index (χ1) is 5.59. The number of allylic oxidation sites excluding steroid dienone is 2. The van der Waals surface area contributed by atoms with E-state index in [9.17, 15) is 0 Å². The molecule has 0 unspecified atom stereocenters. The molecule has 0 aromatic carbocycles. The lowest BCUT2D eigenvalue weighted by Crippen LogP contribution is -1.97. The summed E-state index contributed by atoms with van der Waals surface area (Å²) in [5.74, 6) is 0. The molecule has 0 aromatic rings. The molecule has 0 spiro atoms. The summed E-state index contributed by atoms with van der Waals surface area (Å²) in [4.78, 5) is 4.05. The van der Waals surface area contributed by atoms with Gasteiger partial charge >= 0.3 is 0 Å². The van der Waals surface area contributed by atoms with Crippen molar-refractivity contribution in [1.82, 2.24) is 0 Å². The molecule has 0 amide bonds. The minimum Gasteiger partial charge on any atom is -0.401 e. The van der Waals surface area contributed by atoms with E-state index in [1.54, 1.807) is 6.21 Å². The van der Waals surface area contributed by atoms with Gasteiger partial charge < -0.3 is 5.73 Å². The molecule has 0 rings (SSSR count). The molecule has 12 heavy (non-hydrogen) atoms. The van der Waals surface area contributed by atoms with E-state index in [1.807, 2.05) is 20.8 Å². The van der Waals surface area contributed by atoms with Gasteiger partial charge in [-0.1, -0.05) is 6.58 Å². The van der Waals surface area contributed by atoms with Crippen molar-refractivity contribution in [2.45, 2.75) is 20.8 Å². The van der Waals surface area contributed by atoms with E-state index >= 15 is 0 Å². The highest BCUT2D eigenvalue weighted by atomic mass is 14.8. The van der Waals surface area contributed by atoms with Gasteiger partial charge in [-0.3, -0.25) is 4.99 Å². The normalized spacial score (nSPS) is 11.6. The molecule has 2 nitrogen and oxygen atoms in total. The Kier molecular flexibility index (Phi) is 8.63. The van der Waals surface area contributed by atoms with Gasteiger partial charge in [-0.15, -0.1) is 13.2 Å². The van der Waals surface area contributed by atoms with Crippen molar-refractivity contribution in [2.75, 3.05) is 0 Å². The Bertz CT molecular complexity index is 196. The molecule has 0 heterocycles. The summed E-state index contributed by atoms with van der Waals surface area (Å²) in [6.45, 7) is 15.3. The van der Waals surface area contributed by atoms with Crippen molar-refractivity contribution in [2.24, 2.45) is 10.7 Å². The van der Waals surface area contributed by atoms with Crippen LogP contribution >= 0.6 is 0 Å². The molecule has 0 aliphatic rings. The molecule has 0 saturated carbocycles. The maximum Gasteiger partial charge on any atom is 0.0832 e. The predicted octanol–water partition coefficient (Wildman–Crippen LogP) is 2.65. The monoisotopic (exact) mass is 166 g/mol. The second-order valence-corrected chi connectivity index (χ2v) is 2.20. The van der Waals surface area contributed by atoms with Crippen LogP contribution in [-0.4, -0.2) is 6.21 Å². The smallest absolute Gasteiger partial charge is 0.0832 e. The van der Waals surface area contributed by atoms with Crippen molar-refractivity contribution in [3.8, 4) is 0 Å². The van der Waals surface area contributed by atoms with E-state index in [-0.39, 0.29) is 0 Å². The maximum atomic E-state index is 5.53. The topological polar surface area (TPSA) is 38.4 Å². The van der Waals surface area contributed by atoms with Crippen LogP contribution in [-0.2, 0) is 0 Å². The Morgan fingerprint density at radius 2 is 1.75 bits per heavy atom. The van der Waals surface area contributed by atoms with Crippen LogP contribution < -0.4 is 5.73 Å². The summed E-state index contributed by atoms with van der Waals surface area (Å²) in [7, 11) is 0. The second kappa shape index (κ2) is 7.79. The number of rotatable bonds is 2. The standard InChI is InChI=1S/C8H14N2.C2H4/c1-5-10-8(6(2)3)7(4)9;1-2/h5H,2,9H2,1,3-4H3;1-2H2/b8-7-,10-5?;. The fourth-order valence-corrected chi connectivity index (χ4v) is 0.678. The lowest BCUT2D eigenvalue weighted by molar-refractivity contribution is 1.16. The average Bonchev–Trinajstić information content (AvgIpc) is 2.03. The summed E-state index contributed by atoms with van der Waals surface area (Å²) in [5.41, 5.74) is 7.94. The van der Waals surface area contributed by atoms with Crippen LogP contribution in [0.2, 0.25) is 0 Å². The van der Waals surface area contributed by atoms with Gasteiger partial charge in [-0.2, -0.15) is 0 Å². The molecule has 0 fully saturated rings. The molecule has 0 aliphatic carbocycles. The fourth-order valence-electron chi connectivity index (χ4n) is 0.678. The molecule has 0 radical (unpaired) electrons. The van der Waals surface area contributed by atoms with Crippen LogP contribution in [0, 0.1) is 0 Å². The van der Waals surface area contributed by atoms with E-state index < -0.39 is 0 Å². The highest BCUT2D eigenvalue weighted by molar-refractivity contribution is 5.57. The van der Waals surface area contributed by atoms with Crippen molar-refractivity contribution >= 4 is 6.21 Å². The van der Waals surface area contributed by atoms with Gasteiger partial charge in [0.2, 0.25) is 0 Å². The zero-order valence-electron chi connectivity index (χ0n) is 8.22. The van der Waals surface area contributed by atoms with Gasteiger partial charge in [0.05, 0.1) is 5.70 Å². The highest BCUT2D eigenvalue weighted by Crippen LogP contribution is 2.09. The molecule has 0 aromatic heterocycles. The third-order valence-electron chi connectivity index (χ3n) is 1.04. The summed E-state index contributed by atoms with van der Waals surface area (Å²) in [6, 6.07) is 0. The van der Waals surface area contributed by atoms with Gasteiger partial charge in [0.25, 0.3) is 0 Å². The summed E-state index contributed by atoms with van der Waals surface area (Å²) >= 11 is 0. The van der Waals surface area contributed by atoms with Gasteiger partial charge in [-0.05, 0) is 26.3 Å². The summed E-state index contributed by atoms with van der Waals surface area (Å²) in [6.07, 6.45) is 1.71. The number of hydrogen-bond acceptors (Lipinski definition) is 2. The zero-order chi connectivity index (χ0) is 10.1. The number of nitrogens with zero attached hydrogens (tertiary/aromatic N) is 1. The Hall–Kier alpha value is -1.31. The molecule has 0 bridgehead atoms. The van der Waals surface area contributed by atoms with E-state index in [1.165, 1.54) is 0 Å². The lowest BCUT2D eigenvalue weighted by atomic mass is 10.2. The predicted molar refractivity (Wildman–Crippen MR) is 57.1 cm³/mol. The highest BCUT2D eigenvalue weighted by Gasteiger charge is 1.95. The maximum absolute atomic E-state index is 5.53. The summed E-state index contributed by atoms with van der Waals surface area (Å²) in [5, 5.41) is 0. The molecule has 2 N–H and O–H groups in total. The molecule has 0 atom stereocenters. The molecule has 2 heteroatoms. The van der Waals surface area contributed by atoms with Gasteiger partial charge in [-0.25, -0.2) is 0 Å². The quantitative estimate of drug-likeness (QED) is 0.382. The zero-order valence-corrected chi connectivity index (χ0v) is 8.22. The first-order valence-electron chi connectivity index (χ1n) is 3.70. The van der Waals surface area contributed by atoms with Crippen LogP contribution in [0.4, 0.5) is 0 Å². The first-order valence-corrected chi connectivity index (χ1v) is 3.70. The van der Waals surface area contributed by atoms with Crippen molar-refractivity contribution in [1.29, 1.82) is 0 Å². The SMILES string of the molecule is C=C.C=C(C)/C(N=CC)=C(\C)N. The molecular weight excluding hydrogens is 148 g/mol. The third-order valence-corrected chi connectivity index (χ3v) is 1.04. The van der Waals surface area contributed by atoms with Crippen molar-refractivity contribution in [3.63, 3.8) is 0 Å². The molecule has 68 valence electrons. The largest absolute Gasteiger partial charge is 0.401 e. The Morgan fingerprint density at radius 3 is 1.83 bits per heavy atom. The minimum atomic E-state index is 0.714. The first kappa shape index (κ1) is 13.3. The Labute approximate surface area is 75.2 Å². The van der Waals surface area contributed by atoms with Crippen LogP contribution in [0.15, 0.2) is 41.7 Å². The van der Waals surface area contributed by atoms with Crippen LogP contribution in [0.5, 0.6) is 0 Å². The van der Waals surface area contributed by atoms with Gasteiger partial charge in [0, 0.05) is 11.9 Å². The Morgan fingerprint density at radius 1 is 1.33 bits per heavy atom. The minimum absolute atomic E-state index is 0.714. The molecule has 0 saturated heterocycles. The third kappa shape index (κ3) is 5.47. The van der Waals surface area contributed by atoms with Crippen molar-refractivity contribution in [3.05, 3.63) is 36.7 Å². The molecule has 0 aliphatic heterocycles. The number of aliphatic imine (C=N–C) groups is 1. The van der Waals surface area contributed by atoms with E-state index in [4.69, 9.17) is 5.73 Å². The number of hydrogen-bond donors (Lipinski definition) is 1. The van der Waals surface area contributed by atoms with Crippen LogP contribution in [0.1, 0.15) is 20.8 Å². The van der Waals surface area contributed by atoms with Crippen LogP contribution in [0.25, 0.3) is 0 Å². The van der Waals surface area contributed by atoms with Crippen molar-refractivity contribution < 1.29 is 0 Å². The van der Waals surface area contributed by atoms with E-state index in [0.717, 1.165) is 11.3 Å². The Balaban J connectivity index is 0. The molecular formula is C10H18N2. The van der Waals surface area contributed by atoms with Gasteiger partial charge in [0.1, 0.15) is 0 Å². The second-order valence-electron chi connectivity index (χ2n) is 2.20. The van der Waals surface area contributed by atoms with E-state index in [2.05, 4.69) is 24.7 Å². The fraction of sp³-hybridized carbons (Fsp3) is 0.300. The average molecular weight is 166 g/mol. The van der Waals surface area contributed by atoms with Gasteiger partial charge in [0.15, 0.2) is 0 Å². The number of nitrogens with two attached hydrogens (primary N) is 1.